The summed E-state index contributed by atoms with van der Waals surface area (Å²) < 4.78 is 17.3. The smallest absolute Gasteiger partial charge is 0.344 e. The van der Waals surface area contributed by atoms with E-state index in [9.17, 15) is 4.79 Å². The monoisotopic (exact) mass is 448 g/mol. The number of carbonyl (C=O) groups excluding carboxylic acids is 1. The first-order valence-corrected chi connectivity index (χ1v) is 10.5. The summed E-state index contributed by atoms with van der Waals surface area (Å²) >= 11 is 7.35. The molecule has 0 spiro atoms. The average Bonchev–Trinajstić information content (AvgIpc) is 3.12. The van der Waals surface area contributed by atoms with E-state index in [1.165, 1.54) is 16.4 Å². The van der Waals surface area contributed by atoms with E-state index in [1.54, 1.807) is 43.3 Å². The predicted molar refractivity (Wildman–Crippen MR) is 115 cm³/mol. The Hall–Kier alpha value is -2.91. The fourth-order valence-corrected chi connectivity index (χ4v) is 3.24. The van der Waals surface area contributed by atoms with Gasteiger partial charge in [-0.15, -0.1) is 10.2 Å². The maximum Gasteiger partial charge on any atom is 0.344 e. The highest BCUT2D eigenvalue weighted by molar-refractivity contribution is 7.99. The van der Waals surface area contributed by atoms with Gasteiger partial charge in [-0.2, -0.15) is 0 Å². The van der Waals surface area contributed by atoms with E-state index < -0.39 is 5.97 Å². The zero-order valence-electron chi connectivity index (χ0n) is 16.3. The van der Waals surface area contributed by atoms with E-state index in [4.69, 9.17) is 31.7 Å². The molecule has 0 fully saturated rings. The van der Waals surface area contributed by atoms with Crippen LogP contribution in [-0.2, 0) is 9.53 Å². The van der Waals surface area contributed by atoms with Crippen molar-refractivity contribution < 1.29 is 19.0 Å². The summed E-state index contributed by atoms with van der Waals surface area (Å²) in [6.07, 6.45) is 0. The van der Waals surface area contributed by atoms with Gasteiger partial charge in [-0.05, 0) is 55.5 Å². The number of nitrogen functional groups attached to an aromatic ring is 1. The summed E-state index contributed by atoms with van der Waals surface area (Å²) in [6.45, 7) is 2.41. The maximum absolute atomic E-state index is 11.3. The predicted octanol–water partition coefficient (Wildman–Crippen LogP) is 3.43. The van der Waals surface area contributed by atoms with Crippen molar-refractivity contribution in [2.24, 2.45) is 0 Å². The van der Waals surface area contributed by atoms with Crippen molar-refractivity contribution in [3.63, 3.8) is 0 Å². The lowest BCUT2D eigenvalue weighted by atomic mass is 10.2. The van der Waals surface area contributed by atoms with Gasteiger partial charge in [-0.3, -0.25) is 0 Å². The Labute approximate surface area is 183 Å². The molecule has 0 bridgehead atoms. The summed E-state index contributed by atoms with van der Waals surface area (Å²) in [5, 5.41) is 9.50. The summed E-state index contributed by atoms with van der Waals surface area (Å²) in [4.78, 5) is 11.3. The van der Waals surface area contributed by atoms with Gasteiger partial charge in [0, 0.05) is 16.3 Å². The molecule has 2 N–H and O–H groups in total. The van der Waals surface area contributed by atoms with Gasteiger partial charge in [0.2, 0.25) is 5.16 Å². The topological polar surface area (TPSA) is 101 Å². The molecular formula is C20H21ClN4O4S. The minimum absolute atomic E-state index is 0.123. The molecular weight excluding hydrogens is 428 g/mol. The van der Waals surface area contributed by atoms with Crippen LogP contribution in [-0.4, -0.2) is 46.4 Å². The van der Waals surface area contributed by atoms with Gasteiger partial charge in [0.1, 0.15) is 11.5 Å². The third kappa shape index (κ3) is 6.04. The Kier molecular flexibility index (Phi) is 7.81. The van der Waals surface area contributed by atoms with Crippen molar-refractivity contribution in [2.45, 2.75) is 12.1 Å². The van der Waals surface area contributed by atoms with Gasteiger partial charge >= 0.3 is 5.97 Å². The van der Waals surface area contributed by atoms with Crippen LogP contribution in [0.25, 0.3) is 11.4 Å². The number of carbonyl (C=O) groups is 1. The highest BCUT2D eigenvalue weighted by atomic mass is 35.5. The molecule has 2 aromatic carbocycles. The fraction of sp³-hybridized carbons (Fsp3) is 0.250. The number of benzene rings is 2. The van der Waals surface area contributed by atoms with Crippen LogP contribution in [0.5, 0.6) is 11.5 Å². The molecule has 0 aliphatic heterocycles. The second-order valence-electron chi connectivity index (χ2n) is 5.95. The number of halogens is 1. The van der Waals surface area contributed by atoms with Crippen LogP contribution in [0, 0.1) is 0 Å². The lowest BCUT2D eigenvalue weighted by molar-refractivity contribution is -0.145. The van der Waals surface area contributed by atoms with Gasteiger partial charge < -0.3 is 20.1 Å². The second kappa shape index (κ2) is 10.7. The zero-order valence-corrected chi connectivity index (χ0v) is 17.9. The number of nitrogens with zero attached hydrogens (tertiary/aromatic N) is 3. The van der Waals surface area contributed by atoms with Crippen LogP contribution < -0.4 is 15.3 Å². The first-order valence-electron chi connectivity index (χ1n) is 9.17. The normalized spacial score (nSPS) is 10.6. The van der Waals surface area contributed by atoms with Crippen LogP contribution >= 0.6 is 23.4 Å². The van der Waals surface area contributed by atoms with Crippen molar-refractivity contribution >= 4 is 29.3 Å². The number of esters is 1. The number of aromatic nitrogens is 3. The Morgan fingerprint density at radius 1 is 1.07 bits per heavy atom. The van der Waals surface area contributed by atoms with Crippen molar-refractivity contribution in [2.75, 3.05) is 31.4 Å². The fourth-order valence-electron chi connectivity index (χ4n) is 2.44. The van der Waals surface area contributed by atoms with Gasteiger partial charge in [0.05, 0.1) is 13.2 Å². The Bertz CT molecular complexity index is 964. The third-order valence-corrected chi connectivity index (χ3v) is 5.00. The molecule has 0 radical (unpaired) electrons. The quantitative estimate of drug-likeness (QED) is 0.218. The molecule has 10 heteroatoms. The highest BCUT2D eigenvalue weighted by Gasteiger charge is 2.12. The standard InChI is InChI=1S/C20H21ClN4O4S/c1-2-27-18(26)13-29-17-9-7-16(8-10-17)28-11-12-30-20-24-23-19(25(20)22)14-3-5-15(21)6-4-14/h3-10H,2,11-13,22H2,1H3. The summed E-state index contributed by atoms with van der Waals surface area (Å²) in [7, 11) is 0. The molecule has 0 amide bonds. The number of nitrogens with two attached hydrogens (primary N) is 1. The van der Waals surface area contributed by atoms with E-state index >= 15 is 0 Å². The van der Waals surface area contributed by atoms with Crippen LogP contribution in [0.2, 0.25) is 5.02 Å². The van der Waals surface area contributed by atoms with Gasteiger partial charge in [-0.25, -0.2) is 9.47 Å². The molecule has 0 aliphatic rings. The molecule has 0 atom stereocenters. The molecule has 0 aliphatic carbocycles. The molecule has 158 valence electrons. The SMILES string of the molecule is CCOC(=O)COc1ccc(OCCSc2nnc(-c3ccc(Cl)cc3)n2N)cc1. The van der Waals surface area contributed by atoms with E-state index in [0.717, 1.165) is 5.56 Å². The lowest BCUT2D eigenvalue weighted by Gasteiger charge is -2.08. The van der Waals surface area contributed by atoms with Crippen molar-refractivity contribution in [1.29, 1.82) is 0 Å². The van der Waals surface area contributed by atoms with Crippen LogP contribution in [0.4, 0.5) is 0 Å². The molecule has 8 nitrogen and oxygen atoms in total. The first-order chi connectivity index (χ1) is 14.6. The zero-order chi connectivity index (χ0) is 21.3. The van der Waals surface area contributed by atoms with Crippen molar-refractivity contribution in [3.8, 4) is 22.9 Å². The third-order valence-electron chi connectivity index (χ3n) is 3.84. The highest BCUT2D eigenvalue weighted by Crippen LogP contribution is 2.23. The minimum atomic E-state index is -0.401. The van der Waals surface area contributed by atoms with Crippen LogP contribution in [0.1, 0.15) is 6.92 Å². The molecule has 30 heavy (non-hydrogen) atoms. The van der Waals surface area contributed by atoms with E-state index in [1.807, 2.05) is 12.1 Å². The van der Waals surface area contributed by atoms with E-state index in [2.05, 4.69) is 10.2 Å². The second-order valence-corrected chi connectivity index (χ2v) is 7.44. The average molecular weight is 449 g/mol. The molecule has 0 saturated carbocycles. The van der Waals surface area contributed by atoms with Crippen molar-refractivity contribution in [1.82, 2.24) is 14.9 Å². The summed E-state index contributed by atoms with van der Waals surface area (Å²) in [5.74, 6) is 8.16. The van der Waals surface area contributed by atoms with E-state index in [-0.39, 0.29) is 6.61 Å². The maximum atomic E-state index is 11.3. The van der Waals surface area contributed by atoms with Gasteiger partial charge in [-0.1, -0.05) is 23.4 Å². The molecule has 1 heterocycles. The number of hydrogen-bond acceptors (Lipinski definition) is 8. The number of rotatable bonds is 10. The van der Waals surface area contributed by atoms with Gasteiger partial charge in [0.25, 0.3) is 0 Å². The molecule has 0 saturated heterocycles. The number of hydrogen-bond donors (Lipinski definition) is 1. The first kappa shape index (κ1) is 21.8. The minimum Gasteiger partial charge on any atom is -0.493 e. The molecule has 0 unspecified atom stereocenters. The Balaban J connectivity index is 1.44. The number of thioether (sulfide) groups is 1. The van der Waals surface area contributed by atoms with Gasteiger partial charge in [0.15, 0.2) is 12.4 Å². The Morgan fingerprint density at radius 3 is 2.40 bits per heavy atom. The molecule has 3 aromatic rings. The van der Waals surface area contributed by atoms with E-state index in [0.29, 0.717) is 46.5 Å². The van der Waals surface area contributed by atoms with Crippen LogP contribution in [0.15, 0.2) is 53.7 Å². The summed E-state index contributed by atoms with van der Waals surface area (Å²) in [5.41, 5.74) is 0.836. The van der Waals surface area contributed by atoms with Crippen LogP contribution in [0.3, 0.4) is 0 Å². The summed E-state index contributed by atoms with van der Waals surface area (Å²) in [6, 6.07) is 14.2. The lowest BCUT2D eigenvalue weighted by Crippen LogP contribution is -2.14. The Morgan fingerprint density at radius 2 is 1.73 bits per heavy atom. The largest absolute Gasteiger partial charge is 0.493 e. The van der Waals surface area contributed by atoms with Crippen molar-refractivity contribution in [3.05, 3.63) is 53.6 Å². The number of ether oxygens (including phenoxy) is 3. The molecule has 3 rings (SSSR count). The molecule has 1 aromatic heterocycles.